The topological polar surface area (TPSA) is 12.9 Å². The summed E-state index contributed by atoms with van der Waals surface area (Å²) in [5, 5.41) is 3.72. The van der Waals surface area contributed by atoms with Crippen LogP contribution in [0.25, 0.3) is 32.8 Å². The van der Waals surface area contributed by atoms with Gasteiger partial charge in [-0.25, -0.2) is 0 Å². The first-order chi connectivity index (χ1) is 10.3. The Labute approximate surface area is 123 Å². The molecule has 1 nitrogen and oxygen atoms in total. The number of fused-ring (bicyclic) bond motifs is 2. The zero-order valence-corrected chi connectivity index (χ0v) is 11.9. The van der Waals surface area contributed by atoms with E-state index in [9.17, 15) is 0 Å². The number of para-hydroxylation sites is 1. The highest BCUT2D eigenvalue weighted by Gasteiger charge is 2.06. The van der Waals surface area contributed by atoms with E-state index in [0.29, 0.717) is 0 Å². The van der Waals surface area contributed by atoms with Gasteiger partial charge in [0.25, 0.3) is 0 Å². The minimum atomic E-state index is 1.06. The molecule has 21 heavy (non-hydrogen) atoms. The standard InChI is InChI=1S/C20H15N/c1-14-19(13-18-8-4-5-9-20(18)21-14)17-11-10-15-6-2-3-7-16(15)12-17/h2-13H,1H3. The fourth-order valence-corrected chi connectivity index (χ4v) is 2.86. The summed E-state index contributed by atoms with van der Waals surface area (Å²) in [6.07, 6.45) is 0. The molecule has 4 rings (SSSR count). The Bertz CT molecular complexity index is 954. The fourth-order valence-electron chi connectivity index (χ4n) is 2.86. The van der Waals surface area contributed by atoms with Gasteiger partial charge in [0.05, 0.1) is 5.52 Å². The lowest BCUT2D eigenvalue weighted by Crippen LogP contribution is -1.89. The van der Waals surface area contributed by atoms with E-state index < -0.39 is 0 Å². The molecule has 0 saturated carbocycles. The van der Waals surface area contributed by atoms with Crippen molar-refractivity contribution in [3.63, 3.8) is 0 Å². The number of hydrogen-bond acceptors (Lipinski definition) is 1. The Balaban J connectivity index is 1.96. The number of nitrogens with zero attached hydrogens (tertiary/aromatic N) is 1. The average molecular weight is 269 g/mol. The molecule has 3 aromatic carbocycles. The number of benzene rings is 3. The van der Waals surface area contributed by atoms with Crippen LogP contribution in [0.15, 0.2) is 72.8 Å². The minimum Gasteiger partial charge on any atom is -0.252 e. The molecule has 1 heterocycles. The van der Waals surface area contributed by atoms with E-state index in [1.54, 1.807) is 0 Å². The molecule has 0 N–H and O–H groups in total. The van der Waals surface area contributed by atoms with Gasteiger partial charge in [0.15, 0.2) is 0 Å². The number of pyridine rings is 1. The molecule has 0 fully saturated rings. The second-order valence-electron chi connectivity index (χ2n) is 5.38. The van der Waals surface area contributed by atoms with Crippen molar-refractivity contribution in [3.8, 4) is 11.1 Å². The lowest BCUT2D eigenvalue weighted by Gasteiger charge is -2.09. The van der Waals surface area contributed by atoms with E-state index in [-0.39, 0.29) is 0 Å². The molecule has 0 amide bonds. The lowest BCUT2D eigenvalue weighted by atomic mass is 9.99. The molecule has 0 aliphatic rings. The van der Waals surface area contributed by atoms with Crippen LogP contribution >= 0.6 is 0 Å². The molecule has 0 aliphatic heterocycles. The molecule has 1 heteroatoms. The monoisotopic (exact) mass is 269 g/mol. The predicted octanol–water partition coefficient (Wildman–Crippen LogP) is 5.36. The van der Waals surface area contributed by atoms with Crippen molar-refractivity contribution in [2.75, 3.05) is 0 Å². The van der Waals surface area contributed by atoms with Crippen molar-refractivity contribution in [2.24, 2.45) is 0 Å². The van der Waals surface area contributed by atoms with Crippen molar-refractivity contribution in [1.82, 2.24) is 4.98 Å². The second kappa shape index (κ2) is 4.71. The van der Waals surface area contributed by atoms with Crippen LogP contribution in [0, 0.1) is 6.92 Å². The fraction of sp³-hybridized carbons (Fsp3) is 0.0500. The second-order valence-corrected chi connectivity index (χ2v) is 5.38. The molecule has 0 aliphatic carbocycles. The summed E-state index contributed by atoms with van der Waals surface area (Å²) in [6.45, 7) is 2.08. The van der Waals surface area contributed by atoms with Gasteiger partial charge in [-0.05, 0) is 41.5 Å². The maximum Gasteiger partial charge on any atom is 0.0705 e. The molecule has 1 aromatic heterocycles. The van der Waals surface area contributed by atoms with Crippen molar-refractivity contribution >= 4 is 21.7 Å². The highest BCUT2D eigenvalue weighted by atomic mass is 14.7. The van der Waals surface area contributed by atoms with Crippen LogP contribution in [-0.4, -0.2) is 4.98 Å². The van der Waals surface area contributed by atoms with E-state index >= 15 is 0 Å². The number of aromatic nitrogens is 1. The van der Waals surface area contributed by atoms with Gasteiger partial charge in [0.1, 0.15) is 0 Å². The first kappa shape index (κ1) is 12.1. The summed E-state index contributed by atoms with van der Waals surface area (Å²) in [5.74, 6) is 0. The van der Waals surface area contributed by atoms with E-state index in [2.05, 4.69) is 73.7 Å². The third-order valence-corrected chi connectivity index (χ3v) is 3.98. The molecule has 0 radical (unpaired) electrons. The van der Waals surface area contributed by atoms with Crippen LogP contribution in [0.1, 0.15) is 5.69 Å². The number of aryl methyl sites for hydroxylation is 1. The van der Waals surface area contributed by atoms with Gasteiger partial charge in [-0.15, -0.1) is 0 Å². The van der Waals surface area contributed by atoms with E-state index in [1.165, 1.54) is 27.3 Å². The average Bonchev–Trinajstić information content (AvgIpc) is 2.54. The highest BCUT2D eigenvalue weighted by molar-refractivity contribution is 5.90. The van der Waals surface area contributed by atoms with E-state index in [0.717, 1.165) is 11.2 Å². The summed E-state index contributed by atoms with van der Waals surface area (Å²) in [7, 11) is 0. The zero-order chi connectivity index (χ0) is 14.2. The lowest BCUT2D eigenvalue weighted by molar-refractivity contribution is 1.26. The van der Waals surface area contributed by atoms with E-state index in [4.69, 9.17) is 4.98 Å². The van der Waals surface area contributed by atoms with Crippen molar-refractivity contribution in [3.05, 3.63) is 78.5 Å². The Kier molecular flexibility index (Phi) is 2.71. The SMILES string of the molecule is Cc1nc2ccccc2cc1-c1ccc2ccccc2c1. The summed E-state index contributed by atoms with van der Waals surface area (Å²) >= 11 is 0. The van der Waals surface area contributed by atoms with Crippen molar-refractivity contribution in [2.45, 2.75) is 6.92 Å². The third-order valence-electron chi connectivity index (χ3n) is 3.98. The molecule has 0 spiro atoms. The summed E-state index contributed by atoms with van der Waals surface area (Å²) in [5.41, 5.74) is 4.56. The Morgan fingerprint density at radius 2 is 1.38 bits per heavy atom. The van der Waals surface area contributed by atoms with Crippen molar-refractivity contribution in [1.29, 1.82) is 0 Å². The molecule has 0 bridgehead atoms. The van der Waals surface area contributed by atoms with Crippen LogP contribution in [0.3, 0.4) is 0 Å². The van der Waals surface area contributed by atoms with Gasteiger partial charge in [-0.2, -0.15) is 0 Å². The van der Waals surface area contributed by atoms with Crippen LogP contribution in [-0.2, 0) is 0 Å². The van der Waals surface area contributed by atoms with Gasteiger partial charge in [-0.1, -0.05) is 54.6 Å². The van der Waals surface area contributed by atoms with E-state index in [1.807, 2.05) is 6.07 Å². The smallest absolute Gasteiger partial charge is 0.0705 e. The molecule has 0 atom stereocenters. The van der Waals surface area contributed by atoms with Crippen LogP contribution < -0.4 is 0 Å². The molecule has 4 aromatic rings. The molecular formula is C20H15N. The number of rotatable bonds is 1. The largest absolute Gasteiger partial charge is 0.252 e. The molecule has 0 unspecified atom stereocenters. The molecule has 0 saturated heterocycles. The van der Waals surface area contributed by atoms with Crippen LogP contribution in [0.4, 0.5) is 0 Å². The van der Waals surface area contributed by atoms with Gasteiger partial charge >= 0.3 is 0 Å². The quantitative estimate of drug-likeness (QED) is 0.453. The van der Waals surface area contributed by atoms with Gasteiger partial charge in [0, 0.05) is 16.6 Å². The Morgan fingerprint density at radius 1 is 0.667 bits per heavy atom. The molecular weight excluding hydrogens is 254 g/mol. The Morgan fingerprint density at radius 3 is 2.24 bits per heavy atom. The summed E-state index contributed by atoms with van der Waals surface area (Å²) in [4.78, 5) is 4.73. The van der Waals surface area contributed by atoms with Gasteiger partial charge < -0.3 is 0 Å². The zero-order valence-electron chi connectivity index (χ0n) is 11.9. The molecule has 100 valence electrons. The van der Waals surface area contributed by atoms with Crippen LogP contribution in [0.5, 0.6) is 0 Å². The first-order valence-electron chi connectivity index (χ1n) is 7.17. The van der Waals surface area contributed by atoms with Crippen LogP contribution in [0.2, 0.25) is 0 Å². The predicted molar refractivity (Wildman–Crippen MR) is 89.4 cm³/mol. The van der Waals surface area contributed by atoms with Gasteiger partial charge in [0.2, 0.25) is 0 Å². The summed E-state index contributed by atoms with van der Waals surface area (Å²) in [6, 6.07) is 25.6. The third kappa shape index (κ3) is 2.07. The Hall–Kier alpha value is -2.67. The normalized spacial score (nSPS) is 11.1. The number of hydrogen-bond donors (Lipinski definition) is 0. The maximum absolute atomic E-state index is 4.73. The summed E-state index contributed by atoms with van der Waals surface area (Å²) < 4.78 is 0. The van der Waals surface area contributed by atoms with Gasteiger partial charge in [-0.3, -0.25) is 4.98 Å². The van der Waals surface area contributed by atoms with Crippen molar-refractivity contribution < 1.29 is 0 Å². The minimum absolute atomic E-state index is 1.06. The highest BCUT2D eigenvalue weighted by Crippen LogP contribution is 2.28. The first-order valence-corrected chi connectivity index (χ1v) is 7.17. The maximum atomic E-state index is 4.73.